The average molecular weight is 718 g/mol. The normalized spacial score (nSPS) is 12.4. The van der Waals surface area contributed by atoms with E-state index in [1.54, 1.807) is 0 Å². The third-order valence-corrected chi connectivity index (χ3v) is 12.7. The molecule has 5 heteroatoms. The van der Waals surface area contributed by atoms with Gasteiger partial charge in [-0.3, -0.25) is 4.57 Å². The lowest BCUT2D eigenvalue weighted by Gasteiger charge is -2.12. The Morgan fingerprint density at radius 3 is 1.93 bits per heavy atom. The second-order valence-electron chi connectivity index (χ2n) is 14.4. The Labute approximate surface area is 317 Å². The van der Waals surface area contributed by atoms with Crippen LogP contribution in [0.1, 0.15) is 0 Å². The Balaban J connectivity index is 1.18. The van der Waals surface area contributed by atoms with Crippen LogP contribution in [0, 0.1) is 0 Å². The van der Waals surface area contributed by atoms with Crippen molar-refractivity contribution in [3.8, 4) is 17.2 Å². The second kappa shape index (κ2) is 10.8. The van der Waals surface area contributed by atoms with Gasteiger partial charge in [0.05, 0.1) is 26.9 Å². The fraction of sp³-hybridized carbons (Fsp3) is 0. The quantitative estimate of drug-likeness (QED) is 0.179. The first-order chi connectivity index (χ1) is 27.3. The van der Waals surface area contributed by atoms with Crippen molar-refractivity contribution in [2.24, 2.45) is 0 Å². The molecule has 13 aromatic rings. The van der Waals surface area contributed by atoms with Gasteiger partial charge in [-0.25, -0.2) is 9.97 Å². The number of hydrogen-bond acceptors (Lipinski definition) is 4. The van der Waals surface area contributed by atoms with E-state index in [1.807, 2.05) is 11.3 Å². The van der Waals surface area contributed by atoms with Crippen LogP contribution in [0.2, 0.25) is 0 Å². The van der Waals surface area contributed by atoms with Crippen molar-refractivity contribution in [2.45, 2.75) is 0 Å². The molecule has 0 saturated carbocycles. The van der Waals surface area contributed by atoms with Crippen LogP contribution in [0.4, 0.5) is 0 Å². The number of aromatic nitrogens is 3. The molecule has 55 heavy (non-hydrogen) atoms. The number of rotatable bonds is 2. The minimum absolute atomic E-state index is 0.647. The highest BCUT2D eigenvalue weighted by Crippen LogP contribution is 2.49. The van der Waals surface area contributed by atoms with Crippen LogP contribution in [-0.2, 0) is 0 Å². The lowest BCUT2D eigenvalue weighted by Crippen LogP contribution is -2.03. The van der Waals surface area contributed by atoms with Crippen LogP contribution in [0.5, 0.6) is 0 Å². The molecule has 0 amide bonds. The van der Waals surface area contributed by atoms with E-state index in [4.69, 9.17) is 14.4 Å². The molecule has 13 rings (SSSR count). The van der Waals surface area contributed by atoms with Crippen LogP contribution in [0.3, 0.4) is 0 Å². The van der Waals surface area contributed by atoms with Gasteiger partial charge in [-0.2, -0.15) is 0 Å². The number of para-hydroxylation sites is 1. The molecule has 0 spiro atoms. The van der Waals surface area contributed by atoms with Gasteiger partial charge in [0.15, 0.2) is 0 Å². The van der Waals surface area contributed by atoms with E-state index in [-0.39, 0.29) is 0 Å². The third-order valence-electron chi connectivity index (χ3n) is 11.6. The summed E-state index contributed by atoms with van der Waals surface area (Å²) in [5.41, 5.74) is 6.71. The topological polar surface area (TPSA) is 43.9 Å². The summed E-state index contributed by atoms with van der Waals surface area (Å²) in [7, 11) is 0. The van der Waals surface area contributed by atoms with Crippen LogP contribution < -0.4 is 0 Å². The first kappa shape index (κ1) is 29.4. The summed E-state index contributed by atoms with van der Waals surface area (Å²) < 4.78 is 11.4. The molecule has 0 aliphatic rings. The van der Waals surface area contributed by atoms with E-state index >= 15 is 0 Å². The maximum atomic E-state index is 6.56. The predicted octanol–water partition coefficient (Wildman–Crippen LogP) is 14.1. The lowest BCUT2D eigenvalue weighted by atomic mass is 9.97. The van der Waals surface area contributed by atoms with E-state index in [0.717, 1.165) is 55.1 Å². The molecule has 4 aromatic heterocycles. The number of furan rings is 1. The zero-order valence-corrected chi connectivity index (χ0v) is 30.1. The molecule has 9 aromatic carbocycles. The number of nitrogens with zero attached hydrogens (tertiary/aromatic N) is 3. The van der Waals surface area contributed by atoms with Crippen LogP contribution >= 0.6 is 11.3 Å². The molecular weight excluding hydrogens is 691 g/mol. The van der Waals surface area contributed by atoms with Crippen LogP contribution in [-0.4, -0.2) is 14.5 Å². The standard InChI is InChI=1S/C50H27N3OS/c1-3-13-31-29(12-1)23-26-40-43(31)36-24-21-30(27-41(36)54-40)47-35-17-7-9-19-38(35)51-50(52-47)53-39-25-22-28-11-2-4-14-32(28)45(39)46-34-16-6-5-15-33(34)44-37-18-8-10-20-42(37)55-49(44)48(46)53/h1-27H. The van der Waals surface area contributed by atoms with Gasteiger partial charge in [0.1, 0.15) is 11.2 Å². The molecule has 4 heterocycles. The van der Waals surface area contributed by atoms with Gasteiger partial charge in [0.2, 0.25) is 5.95 Å². The van der Waals surface area contributed by atoms with Gasteiger partial charge in [-0.05, 0) is 68.7 Å². The van der Waals surface area contributed by atoms with Crippen molar-refractivity contribution in [1.82, 2.24) is 14.5 Å². The molecule has 0 aliphatic carbocycles. The highest BCUT2D eigenvalue weighted by Gasteiger charge is 2.25. The van der Waals surface area contributed by atoms with Crippen LogP contribution in [0.15, 0.2) is 168 Å². The predicted molar refractivity (Wildman–Crippen MR) is 232 cm³/mol. The summed E-state index contributed by atoms with van der Waals surface area (Å²) in [5.74, 6) is 0.647. The first-order valence-electron chi connectivity index (χ1n) is 18.6. The van der Waals surface area contributed by atoms with Gasteiger partial charge < -0.3 is 4.42 Å². The molecule has 0 radical (unpaired) electrons. The summed E-state index contributed by atoms with van der Waals surface area (Å²) in [6.45, 7) is 0. The molecule has 0 saturated heterocycles. The Morgan fingerprint density at radius 2 is 1.11 bits per heavy atom. The van der Waals surface area contributed by atoms with E-state index < -0.39 is 0 Å². The fourth-order valence-corrected chi connectivity index (χ4v) is 10.5. The molecule has 254 valence electrons. The summed E-state index contributed by atoms with van der Waals surface area (Å²) >= 11 is 1.85. The number of hydrogen-bond donors (Lipinski definition) is 0. The van der Waals surface area contributed by atoms with Crippen molar-refractivity contribution >= 4 is 118 Å². The molecule has 0 unspecified atom stereocenters. The summed E-state index contributed by atoms with van der Waals surface area (Å²) in [5, 5.41) is 15.6. The van der Waals surface area contributed by atoms with E-state index in [0.29, 0.717) is 5.95 Å². The lowest BCUT2D eigenvalue weighted by molar-refractivity contribution is 0.669. The van der Waals surface area contributed by atoms with Gasteiger partial charge in [0.25, 0.3) is 0 Å². The molecular formula is C50H27N3OS. The zero-order chi connectivity index (χ0) is 35.8. The number of thiophene rings is 1. The second-order valence-corrected chi connectivity index (χ2v) is 15.5. The minimum Gasteiger partial charge on any atom is -0.456 e. The van der Waals surface area contributed by atoms with Crippen molar-refractivity contribution in [3.05, 3.63) is 164 Å². The number of benzene rings is 9. The molecule has 0 aliphatic heterocycles. The SMILES string of the molecule is c1ccc2c(c1)ccc1oc3cc(-c4nc(-n5c6ccc7ccccc7c6c6c7ccccc7c7c8ccccc8sc7c65)nc5ccccc45)ccc3c12. The molecule has 0 fully saturated rings. The third kappa shape index (κ3) is 3.94. The van der Waals surface area contributed by atoms with Gasteiger partial charge >= 0.3 is 0 Å². The molecule has 0 bridgehead atoms. The van der Waals surface area contributed by atoms with Crippen molar-refractivity contribution < 1.29 is 4.42 Å². The fourth-order valence-electron chi connectivity index (χ4n) is 9.22. The monoisotopic (exact) mass is 717 g/mol. The Morgan fingerprint density at radius 1 is 0.455 bits per heavy atom. The van der Waals surface area contributed by atoms with Gasteiger partial charge in [0, 0.05) is 48.0 Å². The Kier molecular flexibility index (Phi) is 5.74. The highest BCUT2D eigenvalue weighted by molar-refractivity contribution is 7.27. The molecule has 4 nitrogen and oxygen atoms in total. The summed E-state index contributed by atoms with van der Waals surface area (Å²) in [4.78, 5) is 10.9. The van der Waals surface area contributed by atoms with Gasteiger partial charge in [-0.1, -0.05) is 127 Å². The first-order valence-corrected chi connectivity index (χ1v) is 19.4. The zero-order valence-electron chi connectivity index (χ0n) is 29.2. The van der Waals surface area contributed by atoms with Crippen molar-refractivity contribution in [1.29, 1.82) is 0 Å². The Bertz CT molecular complexity index is 3790. The van der Waals surface area contributed by atoms with Crippen molar-refractivity contribution in [3.63, 3.8) is 0 Å². The molecule has 0 N–H and O–H groups in total. The van der Waals surface area contributed by atoms with E-state index in [2.05, 4.69) is 168 Å². The maximum Gasteiger partial charge on any atom is 0.235 e. The summed E-state index contributed by atoms with van der Waals surface area (Å²) in [6, 6.07) is 58.5. The van der Waals surface area contributed by atoms with Crippen LogP contribution in [0.25, 0.3) is 124 Å². The van der Waals surface area contributed by atoms with E-state index in [1.165, 1.54) is 63.3 Å². The van der Waals surface area contributed by atoms with Crippen molar-refractivity contribution in [2.75, 3.05) is 0 Å². The summed E-state index contributed by atoms with van der Waals surface area (Å²) in [6.07, 6.45) is 0. The number of fused-ring (bicyclic) bond motifs is 18. The van der Waals surface area contributed by atoms with E-state index in [9.17, 15) is 0 Å². The highest BCUT2D eigenvalue weighted by atomic mass is 32.1. The maximum absolute atomic E-state index is 6.56. The Hall–Kier alpha value is -7.08. The smallest absolute Gasteiger partial charge is 0.235 e. The van der Waals surface area contributed by atoms with Gasteiger partial charge in [-0.15, -0.1) is 11.3 Å². The largest absolute Gasteiger partial charge is 0.456 e. The molecule has 0 atom stereocenters. The average Bonchev–Trinajstić information content (AvgIpc) is 3.93. The minimum atomic E-state index is 0.647.